The molecule has 0 saturated heterocycles. The Bertz CT molecular complexity index is 1280. The maximum atomic E-state index is 13.4. The Morgan fingerprint density at radius 3 is 2.61 bits per heavy atom. The number of aromatic nitrogens is 4. The van der Waals surface area contributed by atoms with Crippen molar-refractivity contribution in [3.8, 4) is 22.8 Å². The summed E-state index contributed by atoms with van der Waals surface area (Å²) in [6.07, 6.45) is 3.51. The lowest BCUT2D eigenvalue weighted by Gasteiger charge is -2.14. The van der Waals surface area contributed by atoms with E-state index in [9.17, 15) is 9.18 Å². The van der Waals surface area contributed by atoms with Gasteiger partial charge in [0.2, 0.25) is 5.82 Å². The second kappa shape index (κ2) is 8.85. The van der Waals surface area contributed by atoms with E-state index in [2.05, 4.69) is 15.2 Å². The van der Waals surface area contributed by atoms with Crippen molar-refractivity contribution in [2.24, 2.45) is 0 Å². The number of methoxy groups -OCH3 is 1. The van der Waals surface area contributed by atoms with Gasteiger partial charge < -0.3 is 14.0 Å². The third-order valence-corrected chi connectivity index (χ3v) is 5.59. The number of hydrogen-bond acceptors (Lipinski definition) is 7. The number of hydrogen-bond donors (Lipinski definition) is 0. The van der Waals surface area contributed by atoms with Crippen LogP contribution in [0.25, 0.3) is 17.1 Å². The van der Waals surface area contributed by atoms with Crippen molar-refractivity contribution in [2.75, 3.05) is 7.11 Å². The standard InChI is InChI=1S/C24H21FN4O4/c1-31-18-12-6-15(7-13-18)23-26-21(33-28-23)14-32-24(30)22-19-4-2-3-5-20(19)29(27-22)17-10-8-16(25)9-11-17/h6-13H,2-5,14H2,1H3. The molecule has 0 fully saturated rings. The van der Waals surface area contributed by atoms with Crippen LogP contribution in [-0.4, -0.2) is 33.0 Å². The molecule has 33 heavy (non-hydrogen) atoms. The molecular weight excluding hydrogens is 427 g/mol. The Morgan fingerprint density at radius 1 is 1.09 bits per heavy atom. The van der Waals surface area contributed by atoms with E-state index in [1.807, 2.05) is 12.1 Å². The molecule has 0 amide bonds. The molecule has 0 radical (unpaired) electrons. The predicted octanol–water partition coefficient (Wildman–Crippen LogP) is 4.31. The summed E-state index contributed by atoms with van der Waals surface area (Å²) in [6.45, 7) is -0.166. The number of nitrogens with zero attached hydrogens (tertiary/aromatic N) is 4. The zero-order chi connectivity index (χ0) is 22.8. The predicted molar refractivity (Wildman–Crippen MR) is 116 cm³/mol. The minimum absolute atomic E-state index is 0.166. The summed E-state index contributed by atoms with van der Waals surface area (Å²) >= 11 is 0. The van der Waals surface area contributed by atoms with Crippen LogP contribution in [0.5, 0.6) is 5.75 Å². The molecule has 2 aromatic heterocycles. The quantitative estimate of drug-likeness (QED) is 0.406. The summed E-state index contributed by atoms with van der Waals surface area (Å²) in [6, 6.07) is 13.3. The third-order valence-electron chi connectivity index (χ3n) is 5.59. The fourth-order valence-electron chi connectivity index (χ4n) is 3.93. The van der Waals surface area contributed by atoms with Gasteiger partial charge in [-0.25, -0.2) is 13.9 Å². The number of carbonyl (C=O) groups is 1. The van der Waals surface area contributed by atoms with E-state index in [1.54, 1.807) is 36.1 Å². The van der Waals surface area contributed by atoms with Crippen molar-refractivity contribution < 1.29 is 23.2 Å². The van der Waals surface area contributed by atoms with Crippen molar-refractivity contribution in [1.29, 1.82) is 0 Å². The maximum absolute atomic E-state index is 13.4. The smallest absolute Gasteiger partial charge is 0.359 e. The molecule has 5 rings (SSSR count). The molecule has 4 aromatic rings. The lowest BCUT2D eigenvalue weighted by atomic mass is 9.95. The number of esters is 1. The van der Waals surface area contributed by atoms with Crippen LogP contribution in [0.3, 0.4) is 0 Å². The van der Waals surface area contributed by atoms with Crippen LogP contribution in [0.2, 0.25) is 0 Å². The van der Waals surface area contributed by atoms with Gasteiger partial charge in [0, 0.05) is 16.8 Å². The molecule has 9 heteroatoms. The highest BCUT2D eigenvalue weighted by Gasteiger charge is 2.27. The number of ether oxygens (including phenoxy) is 2. The lowest BCUT2D eigenvalue weighted by molar-refractivity contribution is 0.0421. The van der Waals surface area contributed by atoms with Crippen LogP contribution in [0, 0.1) is 5.82 Å². The molecule has 0 saturated carbocycles. The SMILES string of the molecule is COc1ccc(-c2noc(COC(=O)c3nn(-c4ccc(F)cc4)c4c3CCCC4)n2)cc1. The summed E-state index contributed by atoms with van der Waals surface area (Å²) in [5, 5.41) is 8.46. The first kappa shape index (κ1) is 20.9. The highest BCUT2D eigenvalue weighted by atomic mass is 19.1. The van der Waals surface area contributed by atoms with Gasteiger partial charge >= 0.3 is 5.97 Å². The molecule has 0 aliphatic heterocycles. The van der Waals surface area contributed by atoms with Gasteiger partial charge in [-0.05, 0) is 74.2 Å². The third kappa shape index (κ3) is 4.21. The number of rotatable bonds is 6. The van der Waals surface area contributed by atoms with Crippen LogP contribution in [0.15, 0.2) is 53.1 Å². The molecule has 1 aliphatic carbocycles. The van der Waals surface area contributed by atoms with Crippen molar-refractivity contribution >= 4 is 5.97 Å². The molecule has 0 unspecified atom stereocenters. The Morgan fingerprint density at radius 2 is 1.85 bits per heavy atom. The van der Waals surface area contributed by atoms with Gasteiger partial charge in [-0.1, -0.05) is 5.16 Å². The Hall–Kier alpha value is -4.01. The molecule has 8 nitrogen and oxygen atoms in total. The Kier molecular flexibility index (Phi) is 5.60. The minimum atomic E-state index is -0.557. The first-order valence-electron chi connectivity index (χ1n) is 10.6. The molecular formula is C24H21FN4O4. The summed E-state index contributed by atoms with van der Waals surface area (Å²) in [4.78, 5) is 17.2. The van der Waals surface area contributed by atoms with E-state index in [0.29, 0.717) is 11.5 Å². The maximum Gasteiger partial charge on any atom is 0.359 e. The van der Waals surface area contributed by atoms with Crippen LogP contribution in [0.1, 0.15) is 40.5 Å². The van der Waals surface area contributed by atoms with Crippen molar-refractivity contribution in [2.45, 2.75) is 32.3 Å². The van der Waals surface area contributed by atoms with Gasteiger partial charge in [-0.3, -0.25) is 0 Å². The molecule has 0 atom stereocenters. The van der Waals surface area contributed by atoms with Crippen LogP contribution < -0.4 is 4.74 Å². The average Bonchev–Trinajstić information content (AvgIpc) is 3.49. The van der Waals surface area contributed by atoms with Gasteiger partial charge in [0.05, 0.1) is 12.8 Å². The largest absolute Gasteiger partial charge is 0.497 e. The Balaban J connectivity index is 1.33. The lowest BCUT2D eigenvalue weighted by Crippen LogP contribution is -2.10. The minimum Gasteiger partial charge on any atom is -0.497 e. The van der Waals surface area contributed by atoms with E-state index in [0.717, 1.165) is 48.3 Å². The van der Waals surface area contributed by atoms with Gasteiger partial charge in [0.25, 0.3) is 5.89 Å². The topological polar surface area (TPSA) is 92.3 Å². The van der Waals surface area contributed by atoms with E-state index in [4.69, 9.17) is 14.0 Å². The van der Waals surface area contributed by atoms with E-state index >= 15 is 0 Å². The van der Waals surface area contributed by atoms with E-state index in [-0.39, 0.29) is 24.0 Å². The highest BCUT2D eigenvalue weighted by Crippen LogP contribution is 2.28. The van der Waals surface area contributed by atoms with E-state index in [1.165, 1.54) is 12.1 Å². The first-order chi connectivity index (χ1) is 16.1. The van der Waals surface area contributed by atoms with Gasteiger partial charge in [-0.2, -0.15) is 10.1 Å². The zero-order valence-corrected chi connectivity index (χ0v) is 18.0. The molecule has 1 aliphatic rings. The monoisotopic (exact) mass is 448 g/mol. The Labute approximate surface area is 188 Å². The summed E-state index contributed by atoms with van der Waals surface area (Å²) in [7, 11) is 1.59. The molecule has 0 bridgehead atoms. The molecule has 2 heterocycles. The number of carbonyl (C=O) groups excluding carboxylic acids is 1. The summed E-state index contributed by atoms with van der Waals surface area (Å²) in [5.74, 6) is 0.411. The molecule has 0 N–H and O–H groups in total. The van der Waals surface area contributed by atoms with Gasteiger partial charge in [0.15, 0.2) is 12.3 Å². The van der Waals surface area contributed by atoms with Crippen LogP contribution in [-0.2, 0) is 24.2 Å². The van der Waals surface area contributed by atoms with Gasteiger partial charge in [0.1, 0.15) is 11.6 Å². The summed E-state index contributed by atoms with van der Waals surface area (Å²) < 4.78 is 30.9. The second-order valence-electron chi connectivity index (χ2n) is 7.69. The number of halogens is 1. The number of benzene rings is 2. The molecule has 0 spiro atoms. The van der Waals surface area contributed by atoms with Crippen molar-refractivity contribution in [3.05, 3.63) is 77.2 Å². The highest BCUT2D eigenvalue weighted by molar-refractivity contribution is 5.89. The van der Waals surface area contributed by atoms with Gasteiger partial charge in [-0.15, -0.1) is 0 Å². The van der Waals surface area contributed by atoms with Crippen LogP contribution in [0.4, 0.5) is 4.39 Å². The van der Waals surface area contributed by atoms with Crippen LogP contribution >= 0.6 is 0 Å². The molecule has 2 aromatic carbocycles. The second-order valence-corrected chi connectivity index (χ2v) is 7.69. The fourth-order valence-corrected chi connectivity index (χ4v) is 3.93. The fraction of sp³-hybridized carbons (Fsp3) is 0.250. The average molecular weight is 448 g/mol. The zero-order valence-electron chi connectivity index (χ0n) is 18.0. The summed E-state index contributed by atoms with van der Waals surface area (Å²) in [5.41, 5.74) is 3.56. The van der Waals surface area contributed by atoms with E-state index < -0.39 is 5.97 Å². The van der Waals surface area contributed by atoms with Crippen molar-refractivity contribution in [1.82, 2.24) is 19.9 Å². The normalized spacial score (nSPS) is 12.9. The molecule has 168 valence electrons. The van der Waals surface area contributed by atoms with Crippen molar-refractivity contribution in [3.63, 3.8) is 0 Å². The number of fused-ring (bicyclic) bond motifs is 1. The first-order valence-corrected chi connectivity index (χ1v) is 10.6.